The summed E-state index contributed by atoms with van der Waals surface area (Å²) in [6.45, 7) is 0.401. The highest BCUT2D eigenvalue weighted by Gasteiger charge is 2.09. The molecule has 0 saturated carbocycles. The maximum Gasteiger partial charge on any atom is 0.166 e. The van der Waals surface area contributed by atoms with Crippen LogP contribution in [0.25, 0.3) is 0 Å². The van der Waals surface area contributed by atoms with Gasteiger partial charge in [0.15, 0.2) is 5.78 Å². The van der Waals surface area contributed by atoms with Gasteiger partial charge in [0.1, 0.15) is 0 Å². The van der Waals surface area contributed by atoms with Crippen molar-refractivity contribution in [1.29, 1.82) is 0 Å². The molecule has 76 valence electrons. The van der Waals surface area contributed by atoms with E-state index >= 15 is 0 Å². The SMILES string of the molecule is COCCC(=O)c1ccc(Cl)cc1Cl. The second kappa shape index (κ2) is 5.35. The lowest BCUT2D eigenvalue weighted by Crippen LogP contribution is -2.03. The van der Waals surface area contributed by atoms with Gasteiger partial charge in [-0.15, -0.1) is 0 Å². The van der Waals surface area contributed by atoms with E-state index in [9.17, 15) is 4.79 Å². The fourth-order valence-corrected chi connectivity index (χ4v) is 1.56. The quantitative estimate of drug-likeness (QED) is 0.746. The summed E-state index contributed by atoms with van der Waals surface area (Å²) in [6, 6.07) is 4.83. The van der Waals surface area contributed by atoms with Gasteiger partial charge in [-0.1, -0.05) is 23.2 Å². The third kappa shape index (κ3) is 2.98. The van der Waals surface area contributed by atoms with Crippen LogP contribution in [0.4, 0.5) is 0 Å². The van der Waals surface area contributed by atoms with Crippen molar-refractivity contribution in [3.8, 4) is 0 Å². The molecule has 0 aliphatic carbocycles. The third-order valence-corrected chi connectivity index (χ3v) is 2.31. The maximum absolute atomic E-state index is 11.5. The first-order valence-electron chi connectivity index (χ1n) is 4.12. The Morgan fingerprint density at radius 3 is 2.71 bits per heavy atom. The van der Waals surface area contributed by atoms with E-state index in [1.807, 2.05) is 0 Å². The van der Waals surface area contributed by atoms with Crippen molar-refractivity contribution in [3.05, 3.63) is 33.8 Å². The van der Waals surface area contributed by atoms with Crippen LogP contribution >= 0.6 is 23.2 Å². The monoisotopic (exact) mass is 232 g/mol. The Labute approximate surface area is 92.8 Å². The fourth-order valence-electron chi connectivity index (χ4n) is 1.05. The van der Waals surface area contributed by atoms with Crippen LogP contribution in [0.15, 0.2) is 18.2 Å². The minimum Gasteiger partial charge on any atom is -0.384 e. The molecule has 0 aliphatic rings. The number of ether oxygens (including phenoxy) is 1. The molecule has 0 radical (unpaired) electrons. The van der Waals surface area contributed by atoms with Crippen LogP contribution in [0.1, 0.15) is 16.8 Å². The van der Waals surface area contributed by atoms with Gasteiger partial charge in [0.05, 0.1) is 11.6 Å². The zero-order valence-corrected chi connectivity index (χ0v) is 9.23. The Morgan fingerprint density at radius 1 is 1.43 bits per heavy atom. The van der Waals surface area contributed by atoms with Crippen molar-refractivity contribution in [2.75, 3.05) is 13.7 Å². The number of benzene rings is 1. The number of halogens is 2. The molecule has 0 unspecified atom stereocenters. The predicted molar refractivity (Wildman–Crippen MR) is 57.3 cm³/mol. The molecule has 0 atom stereocenters. The molecular weight excluding hydrogens is 223 g/mol. The summed E-state index contributed by atoms with van der Waals surface area (Å²) in [4.78, 5) is 11.5. The van der Waals surface area contributed by atoms with Crippen LogP contribution in [0, 0.1) is 0 Å². The number of carbonyl (C=O) groups excluding carboxylic acids is 1. The summed E-state index contributed by atoms with van der Waals surface area (Å²) < 4.78 is 4.81. The number of ketones is 1. The molecule has 1 aromatic carbocycles. The van der Waals surface area contributed by atoms with Crippen molar-refractivity contribution in [2.45, 2.75) is 6.42 Å². The average molecular weight is 233 g/mol. The molecule has 0 aliphatic heterocycles. The maximum atomic E-state index is 11.5. The number of methoxy groups -OCH3 is 1. The van der Waals surface area contributed by atoms with E-state index in [1.54, 1.807) is 25.3 Å². The highest BCUT2D eigenvalue weighted by atomic mass is 35.5. The van der Waals surface area contributed by atoms with Crippen LogP contribution in [0.2, 0.25) is 10.0 Å². The van der Waals surface area contributed by atoms with Gasteiger partial charge in [-0.2, -0.15) is 0 Å². The molecule has 1 rings (SSSR count). The summed E-state index contributed by atoms with van der Waals surface area (Å²) >= 11 is 11.6. The van der Waals surface area contributed by atoms with Crippen molar-refractivity contribution in [2.24, 2.45) is 0 Å². The van der Waals surface area contributed by atoms with E-state index in [0.29, 0.717) is 28.6 Å². The highest BCUT2D eigenvalue weighted by molar-refractivity contribution is 6.36. The summed E-state index contributed by atoms with van der Waals surface area (Å²) in [5.41, 5.74) is 0.494. The van der Waals surface area contributed by atoms with Gasteiger partial charge < -0.3 is 4.74 Å². The first-order valence-corrected chi connectivity index (χ1v) is 4.88. The van der Waals surface area contributed by atoms with Crippen molar-refractivity contribution >= 4 is 29.0 Å². The molecule has 1 aromatic rings. The van der Waals surface area contributed by atoms with E-state index in [-0.39, 0.29) is 5.78 Å². The van der Waals surface area contributed by atoms with Crippen LogP contribution in [-0.4, -0.2) is 19.5 Å². The normalized spacial score (nSPS) is 10.2. The zero-order chi connectivity index (χ0) is 10.6. The first-order chi connectivity index (χ1) is 6.65. The molecule has 0 saturated heterocycles. The average Bonchev–Trinajstić information content (AvgIpc) is 2.14. The molecule has 14 heavy (non-hydrogen) atoms. The number of rotatable bonds is 4. The minimum atomic E-state index is -0.0338. The summed E-state index contributed by atoms with van der Waals surface area (Å²) in [6.07, 6.45) is 0.331. The third-order valence-electron chi connectivity index (χ3n) is 1.76. The van der Waals surface area contributed by atoms with Gasteiger partial charge in [0.25, 0.3) is 0 Å². The number of hydrogen-bond donors (Lipinski definition) is 0. The van der Waals surface area contributed by atoms with Crippen LogP contribution in [0.3, 0.4) is 0 Å². The highest BCUT2D eigenvalue weighted by Crippen LogP contribution is 2.21. The Bertz CT molecular complexity index is 337. The van der Waals surface area contributed by atoms with Gasteiger partial charge >= 0.3 is 0 Å². The second-order valence-corrected chi connectivity index (χ2v) is 3.63. The second-order valence-electron chi connectivity index (χ2n) is 2.79. The predicted octanol–water partition coefficient (Wildman–Crippen LogP) is 3.21. The molecular formula is C10H10Cl2O2. The molecule has 0 N–H and O–H groups in total. The van der Waals surface area contributed by atoms with E-state index in [1.165, 1.54) is 0 Å². The standard InChI is InChI=1S/C10H10Cl2O2/c1-14-5-4-10(13)8-3-2-7(11)6-9(8)12/h2-3,6H,4-5H2,1H3. The number of hydrogen-bond acceptors (Lipinski definition) is 2. The van der Waals surface area contributed by atoms with Crippen molar-refractivity contribution in [1.82, 2.24) is 0 Å². The Morgan fingerprint density at radius 2 is 2.14 bits per heavy atom. The zero-order valence-electron chi connectivity index (χ0n) is 7.72. The van der Waals surface area contributed by atoms with E-state index in [0.717, 1.165) is 0 Å². The van der Waals surface area contributed by atoms with E-state index in [2.05, 4.69) is 0 Å². The molecule has 0 heterocycles. The molecule has 4 heteroatoms. The van der Waals surface area contributed by atoms with Crippen LogP contribution in [0.5, 0.6) is 0 Å². The topological polar surface area (TPSA) is 26.3 Å². The largest absolute Gasteiger partial charge is 0.384 e. The Hall–Kier alpha value is -0.570. The van der Waals surface area contributed by atoms with E-state index < -0.39 is 0 Å². The summed E-state index contributed by atoms with van der Waals surface area (Å²) in [5.74, 6) is -0.0338. The molecule has 0 aromatic heterocycles. The van der Waals surface area contributed by atoms with Gasteiger partial charge in [-0.3, -0.25) is 4.79 Å². The van der Waals surface area contributed by atoms with Crippen molar-refractivity contribution in [3.63, 3.8) is 0 Å². The fraction of sp³-hybridized carbons (Fsp3) is 0.300. The smallest absolute Gasteiger partial charge is 0.166 e. The van der Waals surface area contributed by atoms with Gasteiger partial charge in [0, 0.05) is 24.1 Å². The lowest BCUT2D eigenvalue weighted by Gasteiger charge is -2.03. The lowest BCUT2D eigenvalue weighted by atomic mass is 10.1. The number of Topliss-reactive ketones (excluding diaryl/α,β-unsaturated/α-hetero) is 1. The molecule has 0 amide bonds. The lowest BCUT2D eigenvalue weighted by molar-refractivity contribution is 0.0932. The van der Waals surface area contributed by atoms with Crippen molar-refractivity contribution < 1.29 is 9.53 Å². The van der Waals surface area contributed by atoms with Gasteiger partial charge in [-0.05, 0) is 18.2 Å². The molecule has 0 spiro atoms. The van der Waals surface area contributed by atoms with Crippen LogP contribution < -0.4 is 0 Å². The van der Waals surface area contributed by atoms with E-state index in [4.69, 9.17) is 27.9 Å². The molecule has 2 nitrogen and oxygen atoms in total. The summed E-state index contributed by atoms with van der Waals surface area (Å²) in [5, 5.41) is 0.914. The van der Waals surface area contributed by atoms with Gasteiger partial charge in [0.2, 0.25) is 0 Å². The minimum absolute atomic E-state index is 0.0338. The Balaban J connectivity index is 2.80. The van der Waals surface area contributed by atoms with Crippen LogP contribution in [-0.2, 0) is 4.74 Å². The first kappa shape index (κ1) is 11.5. The molecule has 0 fully saturated rings. The number of carbonyl (C=O) groups is 1. The summed E-state index contributed by atoms with van der Waals surface area (Å²) in [7, 11) is 1.55. The van der Waals surface area contributed by atoms with Gasteiger partial charge in [-0.25, -0.2) is 0 Å². The Kier molecular flexibility index (Phi) is 4.39. The molecule has 0 bridgehead atoms.